The molecule has 0 aromatic carbocycles. The predicted molar refractivity (Wildman–Crippen MR) is 61.0 cm³/mol. The third kappa shape index (κ3) is 2.12. The van der Waals surface area contributed by atoms with Gasteiger partial charge in [-0.15, -0.1) is 0 Å². The van der Waals surface area contributed by atoms with Crippen LogP contribution in [0, 0.1) is 17.8 Å². The van der Waals surface area contributed by atoms with E-state index in [9.17, 15) is 13.3 Å². The lowest BCUT2D eigenvalue weighted by Crippen LogP contribution is -2.26. The highest BCUT2D eigenvalue weighted by molar-refractivity contribution is 7.91. The van der Waals surface area contributed by atoms with Crippen molar-refractivity contribution in [1.29, 1.82) is 0 Å². The molecule has 0 N–H and O–H groups in total. The second kappa shape index (κ2) is 3.67. The fourth-order valence-corrected chi connectivity index (χ4v) is 2.87. The summed E-state index contributed by atoms with van der Waals surface area (Å²) in [6.45, 7) is 5.54. The third-order valence-electron chi connectivity index (χ3n) is 3.37. The number of halogens is 2. The molecule has 2 aliphatic carbocycles. The number of rotatable bonds is 2. The van der Waals surface area contributed by atoms with Crippen molar-refractivity contribution in [3.05, 3.63) is 0 Å². The molecule has 0 saturated heterocycles. The van der Waals surface area contributed by atoms with E-state index in [1.54, 1.807) is 6.21 Å². The zero-order chi connectivity index (χ0) is 12.1. The van der Waals surface area contributed by atoms with Gasteiger partial charge in [0.2, 0.25) is 0 Å². The van der Waals surface area contributed by atoms with E-state index in [1.807, 2.05) is 20.8 Å². The minimum Gasteiger partial charge on any atom is -0.591 e. The molecule has 2 saturated carbocycles. The van der Waals surface area contributed by atoms with E-state index in [2.05, 4.69) is 4.40 Å². The van der Waals surface area contributed by atoms with Crippen LogP contribution in [-0.4, -0.2) is 21.4 Å². The maximum Gasteiger partial charge on any atom is 0.254 e. The zero-order valence-electron chi connectivity index (χ0n) is 9.74. The van der Waals surface area contributed by atoms with Crippen molar-refractivity contribution >= 4 is 17.6 Å². The van der Waals surface area contributed by atoms with E-state index in [0.29, 0.717) is 12.8 Å². The second-order valence-electron chi connectivity index (χ2n) is 5.74. The second-order valence-corrected chi connectivity index (χ2v) is 7.67. The van der Waals surface area contributed by atoms with Gasteiger partial charge in [-0.3, -0.25) is 0 Å². The Morgan fingerprint density at radius 2 is 1.81 bits per heavy atom. The fraction of sp³-hybridized carbons (Fsp3) is 0.909. The molecule has 0 bridgehead atoms. The highest BCUT2D eigenvalue weighted by Crippen LogP contribution is 2.65. The molecule has 16 heavy (non-hydrogen) atoms. The maximum absolute atomic E-state index is 12.9. The summed E-state index contributed by atoms with van der Waals surface area (Å²) in [6, 6.07) is 0. The van der Waals surface area contributed by atoms with Gasteiger partial charge in [-0.05, 0) is 39.5 Å². The van der Waals surface area contributed by atoms with E-state index < -0.39 is 29.1 Å². The smallest absolute Gasteiger partial charge is 0.254 e. The lowest BCUT2D eigenvalue weighted by Gasteiger charge is -2.18. The van der Waals surface area contributed by atoms with Gasteiger partial charge in [0.05, 0.1) is 6.21 Å². The van der Waals surface area contributed by atoms with Crippen LogP contribution in [0.5, 0.6) is 0 Å². The molecule has 2 rings (SSSR count). The Morgan fingerprint density at radius 1 is 1.31 bits per heavy atom. The number of hydrogen-bond acceptors (Lipinski definition) is 2. The molecule has 1 unspecified atom stereocenters. The number of hydrogen-bond donors (Lipinski definition) is 0. The lowest BCUT2D eigenvalue weighted by molar-refractivity contribution is 0.0691. The first-order valence-electron chi connectivity index (χ1n) is 5.57. The van der Waals surface area contributed by atoms with E-state index >= 15 is 0 Å². The first-order valence-corrected chi connectivity index (χ1v) is 6.67. The molecule has 5 heteroatoms. The van der Waals surface area contributed by atoms with Crippen molar-refractivity contribution in [2.75, 3.05) is 0 Å². The van der Waals surface area contributed by atoms with Gasteiger partial charge in [0.25, 0.3) is 5.92 Å². The van der Waals surface area contributed by atoms with Crippen molar-refractivity contribution in [1.82, 2.24) is 0 Å². The van der Waals surface area contributed by atoms with Crippen LogP contribution in [0.2, 0.25) is 0 Å². The van der Waals surface area contributed by atoms with Crippen LogP contribution in [0.25, 0.3) is 0 Å². The topological polar surface area (TPSA) is 35.4 Å². The van der Waals surface area contributed by atoms with Gasteiger partial charge in [-0.2, -0.15) is 0 Å². The molecule has 0 amide bonds. The van der Waals surface area contributed by atoms with Crippen molar-refractivity contribution in [2.45, 2.75) is 44.3 Å². The Labute approximate surface area is 97.8 Å². The van der Waals surface area contributed by atoms with E-state index in [0.717, 1.165) is 0 Å². The number of fused-ring (bicyclic) bond motifs is 1. The van der Waals surface area contributed by atoms with Crippen LogP contribution in [0.3, 0.4) is 0 Å². The summed E-state index contributed by atoms with van der Waals surface area (Å²) >= 11 is -1.27. The Balaban J connectivity index is 1.84. The average Bonchev–Trinajstić information content (AvgIpc) is 2.57. The van der Waals surface area contributed by atoms with Gasteiger partial charge in [0.15, 0.2) is 0 Å². The summed E-state index contributed by atoms with van der Waals surface area (Å²) in [5.74, 6) is -3.20. The SMILES string of the molecule is CC(C)(C)[S+]([O-])/N=C/[C@@H]1C[C@@H]2[C@H](C1)C2(F)F. The van der Waals surface area contributed by atoms with Crippen molar-refractivity contribution < 1.29 is 13.3 Å². The molecule has 0 aromatic rings. The van der Waals surface area contributed by atoms with Crippen LogP contribution in [-0.2, 0) is 11.4 Å². The summed E-state index contributed by atoms with van der Waals surface area (Å²) in [4.78, 5) is 0. The number of alkyl halides is 2. The average molecular weight is 249 g/mol. The van der Waals surface area contributed by atoms with Gasteiger partial charge in [-0.25, -0.2) is 8.78 Å². The van der Waals surface area contributed by atoms with E-state index in [1.165, 1.54) is 0 Å². The largest absolute Gasteiger partial charge is 0.591 e. The standard InChI is InChI=1S/C11H17F2NOS/c1-10(2,3)16(15)14-6-7-4-8-9(5-7)11(8,12)13/h6-9H,4-5H2,1-3H3/b14-6+/t7-,8-,9+,16?. The Bertz CT molecular complexity index is 300. The summed E-state index contributed by atoms with van der Waals surface area (Å²) in [7, 11) is 0. The highest BCUT2D eigenvalue weighted by Gasteiger charge is 2.71. The van der Waals surface area contributed by atoms with Gasteiger partial charge in [0, 0.05) is 11.8 Å². The molecule has 0 radical (unpaired) electrons. The maximum atomic E-state index is 12.9. The molecular formula is C11H17F2NOS. The molecule has 4 atom stereocenters. The summed E-state index contributed by atoms with van der Waals surface area (Å²) in [5.41, 5.74) is 0. The van der Waals surface area contributed by atoms with Gasteiger partial charge in [0.1, 0.15) is 16.1 Å². The van der Waals surface area contributed by atoms with E-state index in [-0.39, 0.29) is 10.7 Å². The first-order chi connectivity index (χ1) is 7.23. The van der Waals surface area contributed by atoms with Crippen LogP contribution >= 0.6 is 0 Å². The predicted octanol–water partition coefficient (Wildman–Crippen LogP) is 2.81. The molecule has 92 valence electrons. The van der Waals surface area contributed by atoms with Gasteiger partial charge < -0.3 is 4.55 Å². The summed E-state index contributed by atoms with van der Waals surface area (Å²) in [5, 5.41) is 0. The summed E-state index contributed by atoms with van der Waals surface area (Å²) in [6.07, 6.45) is 2.63. The highest BCUT2D eigenvalue weighted by atomic mass is 32.2. The van der Waals surface area contributed by atoms with Crippen molar-refractivity contribution in [3.63, 3.8) is 0 Å². The molecule has 0 spiro atoms. The van der Waals surface area contributed by atoms with Crippen molar-refractivity contribution in [3.8, 4) is 0 Å². The fourth-order valence-electron chi connectivity index (χ4n) is 2.27. The zero-order valence-corrected chi connectivity index (χ0v) is 10.6. The molecule has 2 nitrogen and oxygen atoms in total. The van der Waals surface area contributed by atoms with E-state index in [4.69, 9.17) is 0 Å². The van der Waals surface area contributed by atoms with Gasteiger partial charge in [-0.1, -0.05) is 4.40 Å². The Morgan fingerprint density at radius 3 is 2.25 bits per heavy atom. The molecule has 0 heterocycles. The Hall–Kier alpha value is -0.160. The molecular weight excluding hydrogens is 232 g/mol. The quantitative estimate of drug-likeness (QED) is 0.547. The third-order valence-corrected chi connectivity index (χ3v) is 4.73. The summed E-state index contributed by atoms with van der Waals surface area (Å²) < 4.78 is 41.0. The van der Waals surface area contributed by atoms with Crippen LogP contribution in [0.4, 0.5) is 8.78 Å². The number of nitrogens with zero attached hydrogens (tertiary/aromatic N) is 1. The van der Waals surface area contributed by atoms with Crippen LogP contribution < -0.4 is 0 Å². The van der Waals surface area contributed by atoms with Crippen molar-refractivity contribution in [2.24, 2.45) is 22.2 Å². The Kier molecular flexibility index (Phi) is 2.82. The minimum atomic E-state index is -2.42. The minimum absolute atomic E-state index is 0.0981. The molecule has 0 aromatic heterocycles. The van der Waals surface area contributed by atoms with Gasteiger partial charge >= 0.3 is 0 Å². The molecule has 0 aliphatic heterocycles. The normalized spacial score (nSPS) is 38.8. The van der Waals surface area contributed by atoms with Crippen LogP contribution in [0.1, 0.15) is 33.6 Å². The first kappa shape index (κ1) is 12.3. The van der Waals surface area contributed by atoms with Crippen LogP contribution in [0.15, 0.2) is 4.40 Å². The lowest BCUT2D eigenvalue weighted by atomic mass is 10.0. The monoisotopic (exact) mass is 249 g/mol. The molecule has 2 fully saturated rings. The molecule has 2 aliphatic rings.